The number of carbonyl (C=O) groups excluding carboxylic acids is 1. The zero-order valence-electron chi connectivity index (χ0n) is 10.1. The van der Waals surface area contributed by atoms with Crippen molar-refractivity contribution in [2.24, 2.45) is 0 Å². The van der Waals surface area contributed by atoms with E-state index in [9.17, 15) is 4.79 Å². The fraction of sp³-hybridized carbons (Fsp3) is 0.0769. The third-order valence-corrected chi connectivity index (χ3v) is 2.36. The Morgan fingerprint density at radius 1 is 1.11 bits per heavy atom. The molecule has 2 aromatic rings. The second-order valence-electron chi connectivity index (χ2n) is 3.59. The second kappa shape index (κ2) is 8.34. The number of nitrogen functional groups attached to an aromatic ring is 1. The van der Waals surface area contributed by atoms with E-state index < -0.39 is 0 Å². The van der Waals surface area contributed by atoms with E-state index in [4.69, 9.17) is 5.73 Å². The minimum absolute atomic E-state index is 0. The third kappa shape index (κ3) is 4.77. The average molecular weight is 300 g/mol. The minimum atomic E-state index is -0.186. The standard InChI is InChI=1S/C13H13N3O.2ClH/c14-12-7-2-1-6-11(12)13(17)16-9-10-5-3-4-8-15-10;;/h1-8H,9,14H2,(H,16,17);2*1H. The van der Waals surface area contributed by atoms with Crippen molar-refractivity contribution in [3.8, 4) is 0 Å². The number of halogens is 2. The highest BCUT2D eigenvalue weighted by molar-refractivity contribution is 5.98. The van der Waals surface area contributed by atoms with Crippen molar-refractivity contribution in [2.75, 3.05) is 5.73 Å². The van der Waals surface area contributed by atoms with E-state index in [0.29, 0.717) is 17.8 Å². The summed E-state index contributed by atoms with van der Waals surface area (Å²) < 4.78 is 0. The van der Waals surface area contributed by atoms with E-state index in [1.807, 2.05) is 18.2 Å². The van der Waals surface area contributed by atoms with Crippen LogP contribution in [0.5, 0.6) is 0 Å². The number of nitrogens with one attached hydrogen (secondary N) is 1. The van der Waals surface area contributed by atoms with Crippen LogP contribution in [0.1, 0.15) is 16.1 Å². The zero-order chi connectivity index (χ0) is 12.1. The molecule has 0 atom stereocenters. The van der Waals surface area contributed by atoms with Gasteiger partial charge in [0.2, 0.25) is 0 Å². The summed E-state index contributed by atoms with van der Waals surface area (Å²) in [6, 6.07) is 12.6. The first-order valence-corrected chi connectivity index (χ1v) is 5.30. The maximum atomic E-state index is 11.8. The third-order valence-electron chi connectivity index (χ3n) is 2.36. The fourth-order valence-corrected chi connectivity index (χ4v) is 1.47. The van der Waals surface area contributed by atoms with Crippen LogP contribution in [0.25, 0.3) is 0 Å². The van der Waals surface area contributed by atoms with E-state index in [-0.39, 0.29) is 30.7 Å². The molecule has 0 aliphatic carbocycles. The summed E-state index contributed by atoms with van der Waals surface area (Å²) in [5, 5.41) is 2.77. The molecule has 0 fully saturated rings. The Balaban J connectivity index is 0.00000162. The molecule has 1 aromatic heterocycles. The SMILES string of the molecule is Cl.Cl.Nc1ccccc1C(=O)NCc1ccccn1. The first-order chi connectivity index (χ1) is 8.27. The van der Waals surface area contributed by atoms with Crippen molar-refractivity contribution in [2.45, 2.75) is 6.54 Å². The van der Waals surface area contributed by atoms with Gasteiger partial charge in [-0.25, -0.2) is 0 Å². The van der Waals surface area contributed by atoms with Gasteiger partial charge < -0.3 is 11.1 Å². The van der Waals surface area contributed by atoms with Crippen LogP contribution in [0.3, 0.4) is 0 Å². The smallest absolute Gasteiger partial charge is 0.253 e. The number of aromatic nitrogens is 1. The molecule has 0 bridgehead atoms. The van der Waals surface area contributed by atoms with Gasteiger partial charge in [-0.2, -0.15) is 0 Å². The van der Waals surface area contributed by atoms with Gasteiger partial charge in [-0.1, -0.05) is 18.2 Å². The second-order valence-corrected chi connectivity index (χ2v) is 3.59. The molecular formula is C13H15Cl2N3O. The number of anilines is 1. The van der Waals surface area contributed by atoms with Crippen molar-refractivity contribution in [3.05, 3.63) is 59.9 Å². The van der Waals surface area contributed by atoms with Gasteiger partial charge in [-0.05, 0) is 24.3 Å². The molecule has 0 aliphatic heterocycles. The van der Waals surface area contributed by atoms with Gasteiger partial charge in [0.1, 0.15) is 0 Å². The molecule has 0 spiro atoms. The molecule has 102 valence electrons. The summed E-state index contributed by atoms with van der Waals surface area (Å²) in [6.45, 7) is 0.397. The van der Waals surface area contributed by atoms with Gasteiger partial charge in [0.05, 0.1) is 17.8 Å². The summed E-state index contributed by atoms with van der Waals surface area (Å²) in [5.41, 5.74) is 7.50. The number of hydrogen-bond acceptors (Lipinski definition) is 3. The fourth-order valence-electron chi connectivity index (χ4n) is 1.47. The van der Waals surface area contributed by atoms with Gasteiger partial charge in [-0.3, -0.25) is 9.78 Å². The number of nitrogens with two attached hydrogens (primary N) is 1. The summed E-state index contributed by atoms with van der Waals surface area (Å²) in [4.78, 5) is 15.9. The van der Waals surface area contributed by atoms with Crippen LogP contribution in [0.2, 0.25) is 0 Å². The molecule has 0 saturated heterocycles. The molecule has 4 nitrogen and oxygen atoms in total. The molecule has 19 heavy (non-hydrogen) atoms. The molecule has 1 heterocycles. The van der Waals surface area contributed by atoms with Crippen molar-refractivity contribution in [1.82, 2.24) is 10.3 Å². The molecule has 0 saturated carbocycles. The van der Waals surface area contributed by atoms with Crippen molar-refractivity contribution >= 4 is 36.4 Å². The zero-order valence-corrected chi connectivity index (χ0v) is 11.7. The van der Waals surface area contributed by atoms with Gasteiger partial charge in [0.15, 0.2) is 0 Å². The summed E-state index contributed by atoms with van der Waals surface area (Å²) in [6.07, 6.45) is 1.69. The predicted molar refractivity (Wildman–Crippen MR) is 80.8 cm³/mol. The number of para-hydroxylation sites is 1. The molecule has 2 rings (SSSR count). The maximum absolute atomic E-state index is 11.8. The molecular weight excluding hydrogens is 285 g/mol. The quantitative estimate of drug-likeness (QED) is 0.856. The monoisotopic (exact) mass is 299 g/mol. The van der Waals surface area contributed by atoms with Gasteiger partial charge >= 0.3 is 0 Å². The molecule has 0 aliphatic rings. The highest BCUT2D eigenvalue weighted by Crippen LogP contribution is 2.10. The first-order valence-electron chi connectivity index (χ1n) is 5.30. The van der Waals surface area contributed by atoms with Crippen molar-refractivity contribution in [3.63, 3.8) is 0 Å². The van der Waals surface area contributed by atoms with Crippen LogP contribution >= 0.6 is 24.8 Å². The first kappa shape index (κ1) is 17.2. The molecule has 1 amide bonds. The summed E-state index contributed by atoms with van der Waals surface area (Å²) >= 11 is 0. The summed E-state index contributed by atoms with van der Waals surface area (Å²) in [5.74, 6) is -0.186. The van der Waals surface area contributed by atoms with E-state index in [1.165, 1.54) is 0 Å². The van der Waals surface area contributed by atoms with Gasteiger partial charge in [0, 0.05) is 11.9 Å². The summed E-state index contributed by atoms with van der Waals surface area (Å²) in [7, 11) is 0. The lowest BCUT2D eigenvalue weighted by atomic mass is 10.1. The molecule has 6 heteroatoms. The average Bonchev–Trinajstić information content (AvgIpc) is 2.38. The van der Waals surface area contributed by atoms with Gasteiger partial charge in [0.25, 0.3) is 5.91 Å². The van der Waals surface area contributed by atoms with Crippen molar-refractivity contribution in [1.29, 1.82) is 0 Å². The Kier molecular flexibility index (Phi) is 7.56. The number of benzene rings is 1. The number of nitrogens with zero attached hydrogens (tertiary/aromatic N) is 1. The van der Waals surface area contributed by atoms with Gasteiger partial charge in [-0.15, -0.1) is 24.8 Å². The van der Waals surface area contributed by atoms with Crippen LogP contribution < -0.4 is 11.1 Å². The lowest BCUT2D eigenvalue weighted by Gasteiger charge is -2.06. The highest BCUT2D eigenvalue weighted by atomic mass is 35.5. The molecule has 3 N–H and O–H groups in total. The Bertz CT molecular complexity index is 520. The minimum Gasteiger partial charge on any atom is -0.398 e. The largest absolute Gasteiger partial charge is 0.398 e. The van der Waals surface area contributed by atoms with E-state index in [0.717, 1.165) is 5.69 Å². The number of carbonyl (C=O) groups is 1. The lowest BCUT2D eigenvalue weighted by Crippen LogP contribution is -2.24. The van der Waals surface area contributed by atoms with E-state index in [2.05, 4.69) is 10.3 Å². The maximum Gasteiger partial charge on any atom is 0.253 e. The van der Waals surface area contributed by atoms with E-state index in [1.54, 1.807) is 30.5 Å². The number of hydrogen-bond donors (Lipinski definition) is 2. The Hall–Kier alpha value is -1.78. The Morgan fingerprint density at radius 2 is 1.79 bits per heavy atom. The number of amides is 1. The molecule has 0 radical (unpaired) electrons. The topological polar surface area (TPSA) is 68.0 Å². The van der Waals surface area contributed by atoms with E-state index >= 15 is 0 Å². The van der Waals surface area contributed by atoms with Crippen LogP contribution in [0.4, 0.5) is 5.69 Å². The number of rotatable bonds is 3. The molecule has 0 unspecified atom stereocenters. The Labute approximate surface area is 124 Å². The van der Waals surface area contributed by atoms with Crippen LogP contribution in [0.15, 0.2) is 48.7 Å². The highest BCUT2D eigenvalue weighted by Gasteiger charge is 2.07. The Morgan fingerprint density at radius 3 is 2.42 bits per heavy atom. The van der Waals surface area contributed by atoms with Crippen LogP contribution in [-0.2, 0) is 6.54 Å². The van der Waals surface area contributed by atoms with Crippen LogP contribution in [0, 0.1) is 0 Å². The number of pyridine rings is 1. The normalized spacial score (nSPS) is 8.84. The lowest BCUT2D eigenvalue weighted by molar-refractivity contribution is 0.0951. The van der Waals surface area contributed by atoms with Crippen LogP contribution in [-0.4, -0.2) is 10.9 Å². The predicted octanol–water partition coefficient (Wildman–Crippen LogP) is 2.44. The van der Waals surface area contributed by atoms with Crippen molar-refractivity contribution < 1.29 is 4.79 Å². The molecule has 1 aromatic carbocycles.